The average Bonchev–Trinajstić information content (AvgIpc) is 3.10. The molecule has 5 heteroatoms. The number of benzene rings is 1. The second-order valence-electron chi connectivity index (χ2n) is 6.31. The van der Waals surface area contributed by atoms with Gasteiger partial charge in [-0.25, -0.2) is 9.97 Å². The maximum absolute atomic E-state index is 5.99. The molecule has 0 unspecified atom stereocenters. The Morgan fingerprint density at radius 1 is 1.25 bits per heavy atom. The van der Waals surface area contributed by atoms with Crippen LogP contribution in [0.15, 0.2) is 30.3 Å². The molecule has 1 aliphatic rings. The normalized spacial score (nSPS) is 17.2. The first-order chi connectivity index (χ1) is 11.7. The third kappa shape index (κ3) is 4.25. The molecule has 1 aliphatic heterocycles. The minimum atomic E-state index is 0.393. The number of hydrogen-bond donors (Lipinski definition) is 0. The van der Waals surface area contributed by atoms with Crippen LogP contribution in [-0.4, -0.2) is 29.7 Å². The molecule has 4 nitrogen and oxygen atoms in total. The SMILES string of the molecule is CCCN(Cc1ccc(Cl)cc1)c1cc([C@H]2CCOC2)nc(C)n1. The molecule has 0 bridgehead atoms. The molecule has 1 aromatic heterocycles. The van der Waals surface area contributed by atoms with E-state index in [1.54, 1.807) is 0 Å². The van der Waals surface area contributed by atoms with E-state index < -0.39 is 0 Å². The van der Waals surface area contributed by atoms with Crippen molar-refractivity contribution in [2.75, 3.05) is 24.7 Å². The van der Waals surface area contributed by atoms with Crippen molar-refractivity contribution in [1.29, 1.82) is 0 Å². The van der Waals surface area contributed by atoms with Crippen LogP contribution in [0.3, 0.4) is 0 Å². The molecule has 0 saturated carbocycles. The Morgan fingerprint density at radius 2 is 2.04 bits per heavy atom. The van der Waals surface area contributed by atoms with Crippen LogP contribution < -0.4 is 4.90 Å². The van der Waals surface area contributed by atoms with Gasteiger partial charge < -0.3 is 9.64 Å². The third-order valence-corrected chi connectivity index (χ3v) is 4.55. The first-order valence-electron chi connectivity index (χ1n) is 8.58. The topological polar surface area (TPSA) is 38.2 Å². The molecular formula is C19H24ClN3O. The summed E-state index contributed by atoms with van der Waals surface area (Å²) in [4.78, 5) is 11.6. The number of aromatic nitrogens is 2. The molecule has 1 fully saturated rings. The second-order valence-corrected chi connectivity index (χ2v) is 6.74. The molecule has 2 heterocycles. The zero-order valence-electron chi connectivity index (χ0n) is 14.3. The predicted octanol–water partition coefficient (Wildman–Crippen LogP) is 4.36. The molecule has 2 aromatic rings. The first-order valence-corrected chi connectivity index (χ1v) is 8.96. The van der Waals surface area contributed by atoms with E-state index in [4.69, 9.17) is 16.3 Å². The fourth-order valence-corrected chi connectivity index (χ4v) is 3.19. The zero-order chi connectivity index (χ0) is 16.9. The first kappa shape index (κ1) is 17.2. The highest BCUT2D eigenvalue weighted by Crippen LogP contribution is 2.27. The lowest BCUT2D eigenvalue weighted by atomic mass is 10.0. The molecule has 3 rings (SSSR count). The van der Waals surface area contributed by atoms with Crippen LogP contribution in [0.1, 0.15) is 42.8 Å². The highest BCUT2D eigenvalue weighted by atomic mass is 35.5. The van der Waals surface area contributed by atoms with Crippen molar-refractivity contribution in [2.45, 2.75) is 39.2 Å². The van der Waals surface area contributed by atoms with E-state index in [2.05, 4.69) is 40.0 Å². The van der Waals surface area contributed by atoms with Crippen LogP contribution in [0.2, 0.25) is 5.02 Å². The van der Waals surface area contributed by atoms with Gasteiger partial charge in [-0.15, -0.1) is 0 Å². The number of ether oxygens (including phenoxy) is 1. The number of anilines is 1. The Hall–Kier alpha value is -1.65. The average molecular weight is 346 g/mol. The summed E-state index contributed by atoms with van der Waals surface area (Å²) in [6, 6.07) is 10.2. The van der Waals surface area contributed by atoms with Crippen molar-refractivity contribution in [3.05, 3.63) is 52.4 Å². The van der Waals surface area contributed by atoms with Gasteiger partial charge in [-0.05, 0) is 37.5 Å². The zero-order valence-corrected chi connectivity index (χ0v) is 15.1. The summed E-state index contributed by atoms with van der Waals surface area (Å²) in [5.41, 5.74) is 2.34. The Labute approximate surface area is 148 Å². The van der Waals surface area contributed by atoms with Crippen molar-refractivity contribution in [3.8, 4) is 0 Å². The van der Waals surface area contributed by atoms with Gasteiger partial charge in [-0.2, -0.15) is 0 Å². The molecule has 1 atom stereocenters. The summed E-state index contributed by atoms with van der Waals surface area (Å²) in [7, 11) is 0. The van der Waals surface area contributed by atoms with Crippen LogP contribution in [-0.2, 0) is 11.3 Å². The number of rotatable bonds is 6. The summed E-state index contributed by atoms with van der Waals surface area (Å²) < 4.78 is 5.52. The van der Waals surface area contributed by atoms with Crippen LogP contribution in [0.5, 0.6) is 0 Å². The highest BCUT2D eigenvalue weighted by Gasteiger charge is 2.21. The fraction of sp³-hybridized carbons (Fsp3) is 0.474. The molecule has 0 radical (unpaired) electrons. The standard InChI is InChI=1S/C19H24ClN3O/c1-3-9-23(12-15-4-6-17(20)7-5-15)19-11-18(21-14(2)22-19)16-8-10-24-13-16/h4-7,11,16H,3,8-10,12-13H2,1-2H3/t16-/m0/s1. The summed E-state index contributed by atoms with van der Waals surface area (Å²) in [5.74, 6) is 2.22. The predicted molar refractivity (Wildman–Crippen MR) is 97.7 cm³/mol. The Bertz CT molecular complexity index is 669. The van der Waals surface area contributed by atoms with E-state index in [-0.39, 0.29) is 0 Å². The minimum absolute atomic E-state index is 0.393. The van der Waals surface area contributed by atoms with Crippen LogP contribution in [0.4, 0.5) is 5.82 Å². The van der Waals surface area contributed by atoms with Crippen molar-refractivity contribution >= 4 is 17.4 Å². The fourth-order valence-electron chi connectivity index (χ4n) is 3.07. The van der Waals surface area contributed by atoms with Gasteiger partial charge in [0, 0.05) is 36.7 Å². The molecule has 0 amide bonds. The van der Waals surface area contributed by atoms with Gasteiger partial charge in [0.2, 0.25) is 0 Å². The van der Waals surface area contributed by atoms with Crippen molar-refractivity contribution in [1.82, 2.24) is 9.97 Å². The maximum atomic E-state index is 5.99. The molecule has 0 spiro atoms. The Kier molecular flexibility index (Phi) is 5.69. The number of halogens is 1. The van der Waals surface area contributed by atoms with E-state index >= 15 is 0 Å². The molecular weight excluding hydrogens is 322 g/mol. The summed E-state index contributed by atoms with van der Waals surface area (Å²) >= 11 is 5.99. The van der Waals surface area contributed by atoms with Gasteiger partial charge in [0.05, 0.1) is 12.3 Å². The number of aryl methyl sites for hydroxylation is 1. The monoisotopic (exact) mass is 345 g/mol. The van der Waals surface area contributed by atoms with Gasteiger partial charge >= 0.3 is 0 Å². The van der Waals surface area contributed by atoms with Gasteiger partial charge in [0.1, 0.15) is 11.6 Å². The van der Waals surface area contributed by atoms with E-state index in [0.717, 1.165) is 61.5 Å². The van der Waals surface area contributed by atoms with E-state index in [9.17, 15) is 0 Å². The van der Waals surface area contributed by atoms with Gasteiger partial charge in [-0.3, -0.25) is 0 Å². The third-order valence-electron chi connectivity index (χ3n) is 4.30. The van der Waals surface area contributed by atoms with E-state index in [0.29, 0.717) is 5.92 Å². The second kappa shape index (κ2) is 7.95. The number of nitrogens with zero attached hydrogens (tertiary/aromatic N) is 3. The van der Waals surface area contributed by atoms with Crippen LogP contribution in [0, 0.1) is 6.92 Å². The Morgan fingerprint density at radius 3 is 2.71 bits per heavy atom. The molecule has 0 aliphatic carbocycles. The lowest BCUT2D eigenvalue weighted by Gasteiger charge is -2.24. The lowest BCUT2D eigenvalue weighted by molar-refractivity contribution is 0.193. The molecule has 128 valence electrons. The summed E-state index contributed by atoms with van der Waals surface area (Å²) in [6.07, 6.45) is 2.11. The summed E-state index contributed by atoms with van der Waals surface area (Å²) in [6.45, 7) is 7.53. The van der Waals surface area contributed by atoms with E-state index in [1.807, 2.05) is 19.1 Å². The summed E-state index contributed by atoms with van der Waals surface area (Å²) in [5, 5.41) is 0.766. The van der Waals surface area contributed by atoms with Crippen LogP contribution in [0.25, 0.3) is 0 Å². The molecule has 24 heavy (non-hydrogen) atoms. The molecule has 0 N–H and O–H groups in total. The van der Waals surface area contributed by atoms with Gasteiger partial charge in [-0.1, -0.05) is 30.7 Å². The van der Waals surface area contributed by atoms with E-state index in [1.165, 1.54) is 5.56 Å². The van der Waals surface area contributed by atoms with Gasteiger partial charge in [0.15, 0.2) is 0 Å². The quantitative estimate of drug-likeness (QED) is 0.779. The minimum Gasteiger partial charge on any atom is -0.381 e. The molecule has 1 saturated heterocycles. The smallest absolute Gasteiger partial charge is 0.132 e. The van der Waals surface area contributed by atoms with Crippen molar-refractivity contribution < 1.29 is 4.74 Å². The van der Waals surface area contributed by atoms with Crippen molar-refractivity contribution in [2.24, 2.45) is 0 Å². The lowest BCUT2D eigenvalue weighted by Crippen LogP contribution is -2.25. The van der Waals surface area contributed by atoms with Gasteiger partial charge in [0.25, 0.3) is 0 Å². The molecule has 1 aromatic carbocycles. The highest BCUT2D eigenvalue weighted by molar-refractivity contribution is 6.30. The maximum Gasteiger partial charge on any atom is 0.132 e. The largest absolute Gasteiger partial charge is 0.381 e. The van der Waals surface area contributed by atoms with Crippen molar-refractivity contribution in [3.63, 3.8) is 0 Å². The Balaban J connectivity index is 1.85. The number of hydrogen-bond acceptors (Lipinski definition) is 4. The van der Waals surface area contributed by atoms with Crippen LogP contribution >= 0.6 is 11.6 Å².